The van der Waals surface area contributed by atoms with Gasteiger partial charge >= 0.3 is 0 Å². The van der Waals surface area contributed by atoms with E-state index in [-0.39, 0.29) is 17.3 Å². The van der Waals surface area contributed by atoms with E-state index in [1.165, 1.54) is 23.5 Å². The minimum absolute atomic E-state index is 0.117. The van der Waals surface area contributed by atoms with Crippen molar-refractivity contribution in [1.82, 2.24) is 14.5 Å². The smallest absolute Gasteiger partial charge is 0.243 e. The van der Waals surface area contributed by atoms with E-state index in [4.69, 9.17) is 4.74 Å². The van der Waals surface area contributed by atoms with E-state index < -0.39 is 10.0 Å². The first-order valence-electron chi connectivity index (χ1n) is 8.61. The molecule has 1 aliphatic heterocycles. The van der Waals surface area contributed by atoms with Crippen LogP contribution in [0.15, 0.2) is 29.2 Å². The lowest BCUT2D eigenvalue weighted by molar-refractivity contribution is -0.131. The van der Waals surface area contributed by atoms with E-state index in [9.17, 15) is 13.2 Å². The van der Waals surface area contributed by atoms with Crippen LogP contribution < -0.4 is 10.1 Å². The molecule has 1 saturated heterocycles. The summed E-state index contributed by atoms with van der Waals surface area (Å²) in [5.74, 6) is 0.450. The summed E-state index contributed by atoms with van der Waals surface area (Å²) < 4.78 is 32.3. The molecule has 1 fully saturated rings. The fourth-order valence-corrected chi connectivity index (χ4v) is 4.11. The van der Waals surface area contributed by atoms with Gasteiger partial charge in [0, 0.05) is 32.7 Å². The number of amides is 1. The zero-order valence-electron chi connectivity index (χ0n) is 14.9. The van der Waals surface area contributed by atoms with Crippen molar-refractivity contribution in [2.24, 2.45) is 0 Å². The van der Waals surface area contributed by atoms with Crippen LogP contribution in [0.4, 0.5) is 0 Å². The summed E-state index contributed by atoms with van der Waals surface area (Å²) in [5.41, 5.74) is 0. The Balaban J connectivity index is 2.17. The van der Waals surface area contributed by atoms with Crippen molar-refractivity contribution in [2.75, 3.05) is 46.4 Å². The zero-order chi connectivity index (χ0) is 18.3. The summed E-state index contributed by atoms with van der Waals surface area (Å²) in [4.78, 5) is 14.4. The molecule has 1 heterocycles. The number of carbonyl (C=O) groups is 1. The fraction of sp³-hybridized carbons (Fsp3) is 0.588. The van der Waals surface area contributed by atoms with Crippen molar-refractivity contribution in [3.05, 3.63) is 24.3 Å². The van der Waals surface area contributed by atoms with Crippen LogP contribution in [0, 0.1) is 0 Å². The van der Waals surface area contributed by atoms with Crippen molar-refractivity contribution >= 4 is 15.9 Å². The number of hydrogen-bond acceptors (Lipinski definition) is 5. The van der Waals surface area contributed by atoms with Crippen LogP contribution in [0.25, 0.3) is 0 Å². The molecule has 0 aliphatic carbocycles. The van der Waals surface area contributed by atoms with Gasteiger partial charge in [0.05, 0.1) is 18.6 Å². The fourth-order valence-electron chi connectivity index (χ4n) is 2.68. The van der Waals surface area contributed by atoms with Gasteiger partial charge in [-0.25, -0.2) is 8.42 Å². The second-order valence-corrected chi connectivity index (χ2v) is 7.94. The van der Waals surface area contributed by atoms with Crippen molar-refractivity contribution in [3.63, 3.8) is 0 Å². The maximum absolute atomic E-state index is 13.0. The monoisotopic (exact) mass is 369 g/mol. The predicted molar refractivity (Wildman–Crippen MR) is 96.1 cm³/mol. The van der Waals surface area contributed by atoms with Crippen LogP contribution in [-0.2, 0) is 14.8 Å². The molecular formula is C17H27N3O4S. The Hall–Kier alpha value is -1.64. The third-order valence-corrected chi connectivity index (χ3v) is 6.10. The second-order valence-electron chi connectivity index (χ2n) is 6.00. The summed E-state index contributed by atoms with van der Waals surface area (Å²) in [5, 5.41) is 3.19. The van der Waals surface area contributed by atoms with E-state index in [0.29, 0.717) is 31.8 Å². The van der Waals surface area contributed by atoms with Crippen LogP contribution in [-0.4, -0.2) is 69.9 Å². The highest BCUT2D eigenvalue weighted by Crippen LogP contribution is 2.20. The Labute approximate surface area is 150 Å². The lowest BCUT2D eigenvalue weighted by Crippen LogP contribution is -2.50. The molecule has 1 aliphatic rings. The topological polar surface area (TPSA) is 79.0 Å². The summed E-state index contributed by atoms with van der Waals surface area (Å²) in [6.07, 6.45) is 1.57. The van der Waals surface area contributed by atoms with Gasteiger partial charge in [0.15, 0.2) is 0 Å². The van der Waals surface area contributed by atoms with E-state index in [2.05, 4.69) is 5.32 Å². The van der Waals surface area contributed by atoms with E-state index in [1.807, 2.05) is 6.92 Å². The van der Waals surface area contributed by atoms with E-state index in [1.54, 1.807) is 17.0 Å². The Morgan fingerprint density at radius 3 is 2.44 bits per heavy atom. The average Bonchev–Trinajstić information content (AvgIpc) is 2.65. The van der Waals surface area contributed by atoms with E-state index >= 15 is 0 Å². The van der Waals surface area contributed by atoms with Gasteiger partial charge in [-0.3, -0.25) is 4.79 Å². The number of unbranched alkanes of at least 4 members (excludes halogenated alkanes) is 1. The van der Waals surface area contributed by atoms with Crippen molar-refractivity contribution in [2.45, 2.75) is 24.7 Å². The lowest BCUT2D eigenvalue weighted by atomic mass is 10.3. The Bertz CT molecular complexity index is 655. The van der Waals surface area contributed by atoms with Crippen molar-refractivity contribution < 1.29 is 17.9 Å². The Morgan fingerprint density at radius 1 is 1.24 bits per heavy atom. The maximum Gasteiger partial charge on any atom is 0.243 e. The minimum Gasteiger partial charge on any atom is -0.497 e. The number of rotatable bonds is 8. The molecule has 0 spiro atoms. The van der Waals surface area contributed by atoms with Gasteiger partial charge in [-0.15, -0.1) is 0 Å². The number of piperazine rings is 1. The van der Waals surface area contributed by atoms with Crippen LogP contribution in [0.2, 0.25) is 0 Å². The summed E-state index contributed by atoms with van der Waals surface area (Å²) in [6.45, 7) is 4.93. The molecule has 2 rings (SSSR count). The van der Waals surface area contributed by atoms with Crippen LogP contribution in [0.5, 0.6) is 5.75 Å². The molecule has 1 aromatic rings. The molecule has 0 aromatic heterocycles. The van der Waals surface area contributed by atoms with Gasteiger partial charge in [0.2, 0.25) is 15.9 Å². The summed E-state index contributed by atoms with van der Waals surface area (Å²) in [6, 6.07) is 6.26. The summed E-state index contributed by atoms with van der Waals surface area (Å²) >= 11 is 0. The average molecular weight is 369 g/mol. The Kier molecular flexibility index (Phi) is 7.22. The molecule has 0 atom stereocenters. The first kappa shape index (κ1) is 19.7. The number of methoxy groups -OCH3 is 1. The largest absolute Gasteiger partial charge is 0.497 e. The number of hydrogen-bond donors (Lipinski definition) is 1. The standard InChI is InChI=1S/C17H27N3O4S/c1-3-4-11-20(14-17(21)19-12-9-18-10-13-19)25(22,23)16-7-5-15(24-2)6-8-16/h5-8,18H,3-4,9-14H2,1-2H3. The van der Waals surface area contributed by atoms with Gasteiger partial charge in [-0.2, -0.15) is 4.31 Å². The van der Waals surface area contributed by atoms with Gasteiger partial charge in [-0.1, -0.05) is 13.3 Å². The minimum atomic E-state index is -3.72. The molecule has 0 saturated carbocycles. The molecule has 8 heteroatoms. The zero-order valence-corrected chi connectivity index (χ0v) is 15.7. The SMILES string of the molecule is CCCCN(CC(=O)N1CCNCC1)S(=O)(=O)c1ccc(OC)cc1. The number of benzene rings is 1. The molecule has 25 heavy (non-hydrogen) atoms. The summed E-state index contributed by atoms with van der Waals surface area (Å²) in [7, 11) is -2.19. The van der Waals surface area contributed by atoms with Gasteiger partial charge < -0.3 is 15.0 Å². The van der Waals surface area contributed by atoms with Crippen LogP contribution in [0.1, 0.15) is 19.8 Å². The quantitative estimate of drug-likeness (QED) is 0.737. The van der Waals surface area contributed by atoms with Gasteiger partial charge in [0.25, 0.3) is 0 Å². The Morgan fingerprint density at radius 2 is 1.88 bits per heavy atom. The molecule has 1 amide bonds. The predicted octanol–water partition coefficient (Wildman–Crippen LogP) is 0.918. The van der Waals surface area contributed by atoms with Gasteiger partial charge in [-0.05, 0) is 30.7 Å². The van der Waals surface area contributed by atoms with E-state index in [0.717, 1.165) is 19.5 Å². The highest BCUT2D eigenvalue weighted by molar-refractivity contribution is 7.89. The number of nitrogens with zero attached hydrogens (tertiary/aromatic N) is 2. The number of carbonyl (C=O) groups excluding carboxylic acids is 1. The van der Waals surface area contributed by atoms with Crippen LogP contribution in [0.3, 0.4) is 0 Å². The molecular weight excluding hydrogens is 342 g/mol. The highest BCUT2D eigenvalue weighted by Gasteiger charge is 2.28. The number of sulfonamides is 1. The molecule has 0 bridgehead atoms. The molecule has 1 aromatic carbocycles. The molecule has 7 nitrogen and oxygen atoms in total. The maximum atomic E-state index is 13.0. The van der Waals surface area contributed by atoms with Gasteiger partial charge in [0.1, 0.15) is 5.75 Å². The molecule has 1 N–H and O–H groups in total. The van der Waals surface area contributed by atoms with Crippen LogP contribution >= 0.6 is 0 Å². The number of nitrogens with one attached hydrogen (secondary N) is 1. The second kappa shape index (κ2) is 9.17. The van der Waals surface area contributed by atoms with Crippen molar-refractivity contribution in [3.8, 4) is 5.75 Å². The molecule has 0 unspecified atom stereocenters. The molecule has 0 radical (unpaired) electrons. The van der Waals surface area contributed by atoms with Crippen molar-refractivity contribution in [1.29, 1.82) is 0 Å². The first-order valence-corrected chi connectivity index (χ1v) is 10.1. The normalized spacial score (nSPS) is 15.4. The lowest BCUT2D eigenvalue weighted by Gasteiger charge is -2.30. The number of ether oxygens (including phenoxy) is 1. The third kappa shape index (κ3) is 5.17. The third-order valence-electron chi connectivity index (χ3n) is 4.24. The first-order chi connectivity index (χ1) is 12.0. The molecule has 140 valence electrons. The highest BCUT2D eigenvalue weighted by atomic mass is 32.2.